The summed E-state index contributed by atoms with van der Waals surface area (Å²) >= 11 is 2.56. The van der Waals surface area contributed by atoms with Gasteiger partial charge in [0.25, 0.3) is 15.9 Å². The fourth-order valence-electron chi connectivity index (χ4n) is 3.40. The van der Waals surface area contributed by atoms with Crippen molar-refractivity contribution in [2.45, 2.75) is 37.3 Å². The third-order valence-electron chi connectivity index (χ3n) is 5.08. The molecule has 1 fully saturated rings. The van der Waals surface area contributed by atoms with Crippen LogP contribution in [0.25, 0.3) is 0 Å². The molecule has 30 heavy (non-hydrogen) atoms. The van der Waals surface area contributed by atoms with Gasteiger partial charge in [0.05, 0.1) is 17.6 Å². The van der Waals surface area contributed by atoms with E-state index in [0.29, 0.717) is 13.1 Å². The maximum absolute atomic E-state index is 12.9. The van der Waals surface area contributed by atoms with Crippen molar-refractivity contribution in [1.29, 1.82) is 0 Å². The van der Waals surface area contributed by atoms with Crippen LogP contribution in [0.1, 0.15) is 50.7 Å². The Hall–Kier alpha value is -1.75. The normalized spacial score (nSPS) is 15.4. The molecule has 3 heterocycles. The average Bonchev–Trinajstić information content (AvgIpc) is 3.41. The van der Waals surface area contributed by atoms with E-state index in [-0.39, 0.29) is 28.8 Å². The lowest BCUT2D eigenvalue weighted by atomic mass is 10.1. The Morgan fingerprint density at radius 2 is 1.83 bits per heavy atom. The molecule has 0 aromatic carbocycles. The number of rotatable bonds is 7. The van der Waals surface area contributed by atoms with Gasteiger partial charge in [0.2, 0.25) is 0 Å². The first-order valence-corrected chi connectivity index (χ1v) is 13.0. The van der Waals surface area contributed by atoms with Gasteiger partial charge in [0.1, 0.15) is 4.21 Å². The molecule has 164 valence electrons. The molecule has 1 saturated heterocycles. The van der Waals surface area contributed by atoms with Gasteiger partial charge >= 0.3 is 5.97 Å². The molecule has 0 aliphatic carbocycles. The summed E-state index contributed by atoms with van der Waals surface area (Å²) in [5, 5.41) is 1.48. The molecule has 10 heteroatoms. The summed E-state index contributed by atoms with van der Waals surface area (Å²) in [6, 6.07) is 3.33. The molecule has 3 rings (SSSR count). The van der Waals surface area contributed by atoms with Crippen LogP contribution in [0.2, 0.25) is 0 Å². The van der Waals surface area contributed by atoms with Gasteiger partial charge in [-0.1, -0.05) is 20.3 Å². The fraction of sp³-hybridized carbons (Fsp3) is 0.500. The van der Waals surface area contributed by atoms with Crippen molar-refractivity contribution in [3.05, 3.63) is 38.4 Å². The molecular weight excluding hydrogens is 444 g/mol. The third-order valence-corrected chi connectivity index (χ3v) is 9.62. The second-order valence-corrected chi connectivity index (χ2v) is 11.2. The monoisotopic (exact) mass is 470 g/mol. The minimum Gasteiger partial charge on any atom is -0.465 e. The fourth-order valence-corrected chi connectivity index (χ4v) is 7.45. The lowest BCUT2D eigenvalue weighted by molar-refractivity contribution is 0.0600. The number of esters is 1. The van der Waals surface area contributed by atoms with Crippen molar-refractivity contribution < 1.29 is 22.7 Å². The molecule has 0 unspecified atom stereocenters. The predicted molar refractivity (Wildman–Crippen MR) is 118 cm³/mol. The van der Waals surface area contributed by atoms with E-state index in [0.717, 1.165) is 35.5 Å². The van der Waals surface area contributed by atoms with Crippen LogP contribution in [-0.4, -0.2) is 62.8 Å². The first kappa shape index (κ1) is 22.9. The summed E-state index contributed by atoms with van der Waals surface area (Å²) in [6.07, 6.45) is 2.92. The zero-order valence-electron chi connectivity index (χ0n) is 17.3. The van der Waals surface area contributed by atoms with Crippen molar-refractivity contribution in [1.82, 2.24) is 9.21 Å². The van der Waals surface area contributed by atoms with Crippen LogP contribution in [0, 0.1) is 0 Å². The summed E-state index contributed by atoms with van der Waals surface area (Å²) in [5.41, 5.74) is 1.45. The molecule has 0 atom stereocenters. The molecular formula is C20H26N2O5S3. The summed E-state index contributed by atoms with van der Waals surface area (Å²) in [4.78, 5) is 28.3. The highest BCUT2D eigenvalue weighted by Crippen LogP contribution is 2.28. The van der Waals surface area contributed by atoms with Gasteiger partial charge in [-0.3, -0.25) is 4.79 Å². The van der Waals surface area contributed by atoms with Gasteiger partial charge in [-0.05, 0) is 30.5 Å². The Kier molecular flexibility index (Phi) is 7.33. The number of ether oxygens (including phenoxy) is 1. The zero-order valence-corrected chi connectivity index (χ0v) is 19.8. The Balaban J connectivity index is 1.67. The highest BCUT2D eigenvalue weighted by atomic mass is 32.2. The van der Waals surface area contributed by atoms with E-state index in [1.54, 1.807) is 16.2 Å². The summed E-state index contributed by atoms with van der Waals surface area (Å²) < 4.78 is 31.9. The highest BCUT2D eigenvalue weighted by molar-refractivity contribution is 7.91. The van der Waals surface area contributed by atoms with Crippen molar-refractivity contribution in [3.8, 4) is 0 Å². The Morgan fingerprint density at radius 3 is 2.43 bits per heavy atom. The van der Waals surface area contributed by atoms with E-state index in [1.165, 1.54) is 33.3 Å². The maximum Gasteiger partial charge on any atom is 0.338 e. The first-order chi connectivity index (χ1) is 14.3. The average molecular weight is 471 g/mol. The van der Waals surface area contributed by atoms with Crippen LogP contribution in [0.3, 0.4) is 0 Å². The number of aryl methyl sites for hydroxylation is 2. The molecule has 0 bridgehead atoms. The van der Waals surface area contributed by atoms with Gasteiger partial charge in [-0.25, -0.2) is 13.2 Å². The van der Waals surface area contributed by atoms with E-state index in [1.807, 2.05) is 6.07 Å². The van der Waals surface area contributed by atoms with E-state index in [4.69, 9.17) is 0 Å². The van der Waals surface area contributed by atoms with Gasteiger partial charge in [-0.2, -0.15) is 4.31 Å². The number of sulfonamides is 1. The van der Waals surface area contributed by atoms with Crippen molar-refractivity contribution >= 4 is 44.6 Å². The molecule has 0 spiro atoms. The molecule has 0 saturated carbocycles. The number of thiophene rings is 2. The van der Waals surface area contributed by atoms with E-state index in [2.05, 4.69) is 18.6 Å². The Bertz CT molecular complexity index is 1020. The van der Waals surface area contributed by atoms with Crippen LogP contribution >= 0.6 is 22.7 Å². The minimum atomic E-state index is -3.70. The number of piperazine rings is 1. The van der Waals surface area contributed by atoms with Gasteiger partial charge in [-0.15, -0.1) is 22.7 Å². The Morgan fingerprint density at radius 1 is 1.13 bits per heavy atom. The summed E-state index contributed by atoms with van der Waals surface area (Å²) in [7, 11) is -2.45. The SMILES string of the molecule is CCCc1sc(C(=O)N2CCN(S(=O)(=O)c3cc(C(=O)OC)cs3)CC2)cc1CC. The van der Waals surface area contributed by atoms with E-state index >= 15 is 0 Å². The van der Waals surface area contributed by atoms with Crippen LogP contribution in [0.15, 0.2) is 21.7 Å². The van der Waals surface area contributed by atoms with E-state index in [9.17, 15) is 18.0 Å². The summed E-state index contributed by atoms with van der Waals surface area (Å²) in [6.45, 7) is 5.36. The summed E-state index contributed by atoms with van der Waals surface area (Å²) in [5.74, 6) is -0.592. The van der Waals surface area contributed by atoms with E-state index < -0.39 is 16.0 Å². The number of carbonyl (C=O) groups is 2. The molecule has 2 aromatic heterocycles. The number of hydrogen-bond donors (Lipinski definition) is 0. The maximum atomic E-state index is 12.9. The van der Waals surface area contributed by atoms with Gasteiger partial charge in [0.15, 0.2) is 0 Å². The first-order valence-electron chi connectivity index (χ1n) is 9.89. The molecule has 0 N–H and O–H groups in total. The number of hydrogen-bond acceptors (Lipinski definition) is 7. The standard InChI is InChI=1S/C20H26N2O5S3/c1-4-6-16-14(5-2)11-17(29-16)19(23)21-7-9-22(10-8-21)30(25,26)18-12-15(13-28-18)20(24)27-3/h11-13H,4-10H2,1-3H3. The second-order valence-electron chi connectivity index (χ2n) is 7.00. The van der Waals surface area contributed by atoms with Crippen molar-refractivity contribution in [2.24, 2.45) is 0 Å². The predicted octanol–water partition coefficient (Wildman–Crippen LogP) is 3.26. The second kappa shape index (κ2) is 9.59. The van der Waals surface area contributed by atoms with Gasteiger partial charge in [0, 0.05) is 36.4 Å². The molecule has 1 aliphatic rings. The topological polar surface area (TPSA) is 84.0 Å². The third kappa shape index (κ3) is 4.61. The number of methoxy groups -OCH3 is 1. The number of amides is 1. The Labute approximate surface area is 185 Å². The number of carbonyl (C=O) groups excluding carboxylic acids is 2. The van der Waals surface area contributed by atoms with Crippen LogP contribution < -0.4 is 0 Å². The highest BCUT2D eigenvalue weighted by Gasteiger charge is 2.32. The molecule has 1 amide bonds. The smallest absolute Gasteiger partial charge is 0.338 e. The zero-order chi connectivity index (χ0) is 21.9. The van der Waals surface area contributed by atoms with Gasteiger partial charge < -0.3 is 9.64 Å². The molecule has 0 radical (unpaired) electrons. The van der Waals surface area contributed by atoms with Crippen LogP contribution in [-0.2, 0) is 27.6 Å². The quantitative estimate of drug-likeness (QED) is 0.580. The minimum absolute atomic E-state index is 0.0294. The van der Waals surface area contributed by atoms with Crippen LogP contribution in [0.4, 0.5) is 0 Å². The lowest BCUT2D eigenvalue weighted by Crippen LogP contribution is -2.50. The van der Waals surface area contributed by atoms with Crippen molar-refractivity contribution in [2.75, 3.05) is 33.3 Å². The van der Waals surface area contributed by atoms with Crippen LogP contribution in [0.5, 0.6) is 0 Å². The van der Waals surface area contributed by atoms with Crippen molar-refractivity contribution in [3.63, 3.8) is 0 Å². The largest absolute Gasteiger partial charge is 0.465 e. The lowest BCUT2D eigenvalue weighted by Gasteiger charge is -2.33. The molecule has 7 nitrogen and oxygen atoms in total. The molecule has 1 aliphatic heterocycles. The molecule has 2 aromatic rings. The number of nitrogens with zero attached hydrogens (tertiary/aromatic N) is 2.